The van der Waals surface area contributed by atoms with Crippen LogP contribution in [0.3, 0.4) is 0 Å². The molecule has 9 atom stereocenters. The van der Waals surface area contributed by atoms with Crippen molar-refractivity contribution in [1.82, 2.24) is 0 Å². The molecule has 0 bridgehead atoms. The van der Waals surface area contributed by atoms with Crippen LogP contribution in [0.25, 0.3) is 0 Å². The van der Waals surface area contributed by atoms with E-state index in [1.807, 2.05) is 0 Å². The van der Waals surface area contributed by atoms with E-state index in [0.29, 0.717) is 23.7 Å². The Morgan fingerprint density at radius 2 is 1.54 bits per heavy atom. The van der Waals surface area contributed by atoms with Crippen LogP contribution in [0.1, 0.15) is 98.8 Å². The second kappa shape index (κ2) is 13.6. The van der Waals surface area contributed by atoms with E-state index in [1.54, 1.807) is 0 Å². The number of hydrogen-bond donors (Lipinski definition) is 0. The van der Waals surface area contributed by atoms with Crippen LogP contribution in [-0.4, -0.2) is 38.1 Å². The van der Waals surface area contributed by atoms with Crippen molar-refractivity contribution >= 4 is 20.8 Å². The Bertz CT molecular complexity index is 1100. The molecule has 4 aliphatic rings. The summed E-state index contributed by atoms with van der Waals surface area (Å²) in [4.78, 5) is 0. The Morgan fingerprint density at radius 3 is 2.13 bits per heavy atom. The second-order valence-corrected chi connectivity index (χ2v) is 15.3. The van der Waals surface area contributed by atoms with Crippen LogP contribution >= 0.6 is 0 Å². The fourth-order valence-corrected chi connectivity index (χ4v) is 10.2. The molecule has 8 nitrogen and oxygen atoms in total. The molecule has 0 aromatic heterocycles. The fraction of sp³-hybridized carbons (Fsp3) is 0.926. The third kappa shape index (κ3) is 8.15. The zero-order chi connectivity index (χ0) is 27.4. The quantitative estimate of drug-likeness (QED) is 0.146. The molecule has 0 spiro atoms. The Hall–Kier alpha value is 1.48. The van der Waals surface area contributed by atoms with Gasteiger partial charge in [-0.3, -0.25) is 8.37 Å². The zero-order valence-electron chi connectivity index (χ0n) is 24.8. The van der Waals surface area contributed by atoms with Gasteiger partial charge in [-0.1, -0.05) is 65.5 Å². The number of hydrogen-bond acceptors (Lipinski definition) is 8. The molecule has 0 unspecified atom stereocenters. The third-order valence-corrected chi connectivity index (χ3v) is 11.7. The van der Waals surface area contributed by atoms with Crippen LogP contribution in [0.4, 0.5) is 0 Å². The predicted molar refractivity (Wildman–Crippen MR) is 138 cm³/mol. The van der Waals surface area contributed by atoms with Gasteiger partial charge in [0.1, 0.15) is 12.2 Å². The predicted octanol–water partition coefficient (Wildman–Crippen LogP) is -0.663. The summed E-state index contributed by atoms with van der Waals surface area (Å²) in [5.74, 6) is 3.44. The molecular weight excluding hydrogens is 562 g/mol. The van der Waals surface area contributed by atoms with Gasteiger partial charge in [0.25, 0.3) is 0 Å². The summed E-state index contributed by atoms with van der Waals surface area (Å²) in [6.45, 7) is 11.6. The van der Waals surface area contributed by atoms with Gasteiger partial charge < -0.3 is 9.11 Å². The average Bonchev–Trinajstić information content (AvgIpc) is 3.09. The summed E-state index contributed by atoms with van der Waals surface area (Å²) in [5.41, 5.74) is 0.837. The largest absolute Gasteiger partial charge is 1.00 e. The SMILES string of the molecule is CC(C)CCC[C@@H](C)[C@H]1CC[C@H]2[C@@H]3CC=C4C[C@H](OS(=O)(=O)[O-])[C@@H](OS(=O)(=O)[O-])C[C@]4(C)[C@H]3CC[C@]12C.[Na+].[Na+]. The summed E-state index contributed by atoms with van der Waals surface area (Å²) in [6, 6.07) is 0. The number of allylic oxidation sites excluding steroid dienone is 1. The van der Waals surface area contributed by atoms with E-state index in [4.69, 9.17) is 4.18 Å². The fourth-order valence-electron chi connectivity index (χ4n) is 9.17. The van der Waals surface area contributed by atoms with E-state index in [0.717, 1.165) is 30.8 Å². The van der Waals surface area contributed by atoms with E-state index < -0.39 is 38.4 Å². The van der Waals surface area contributed by atoms with Crippen LogP contribution in [0.15, 0.2) is 11.6 Å². The monoisotopic (exact) mass is 606 g/mol. The topological polar surface area (TPSA) is 133 Å². The molecule has 0 amide bonds. The van der Waals surface area contributed by atoms with E-state index in [-0.39, 0.29) is 83.3 Å². The molecule has 4 aliphatic carbocycles. The molecule has 0 saturated heterocycles. The summed E-state index contributed by atoms with van der Waals surface area (Å²) < 4.78 is 78.0. The first kappa shape index (κ1) is 36.7. The number of rotatable bonds is 9. The molecule has 0 aliphatic heterocycles. The number of fused-ring (bicyclic) bond motifs is 5. The van der Waals surface area contributed by atoms with Crippen LogP contribution < -0.4 is 59.1 Å². The van der Waals surface area contributed by atoms with E-state index in [2.05, 4.69) is 44.9 Å². The van der Waals surface area contributed by atoms with Crippen molar-refractivity contribution in [2.45, 2.75) is 111 Å². The van der Waals surface area contributed by atoms with Gasteiger partial charge >= 0.3 is 59.1 Å². The first-order valence-corrected chi connectivity index (χ1v) is 16.7. The van der Waals surface area contributed by atoms with Crippen LogP contribution in [-0.2, 0) is 29.2 Å². The molecule has 3 saturated carbocycles. The molecule has 0 heterocycles. The van der Waals surface area contributed by atoms with Gasteiger partial charge in [-0.15, -0.1) is 0 Å². The molecule has 4 rings (SSSR count). The minimum Gasteiger partial charge on any atom is -0.726 e. The normalized spacial score (nSPS) is 38.9. The maximum absolute atomic E-state index is 11.5. The van der Waals surface area contributed by atoms with Gasteiger partial charge in [-0.25, -0.2) is 16.8 Å². The average molecular weight is 607 g/mol. The minimum atomic E-state index is -5.11. The smallest absolute Gasteiger partial charge is 0.726 e. The van der Waals surface area contributed by atoms with Crippen molar-refractivity contribution in [1.29, 1.82) is 0 Å². The molecule has 214 valence electrons. The van der Waals surface area contributed by atoms with Gasteiger partial charge in [0.2, 0.25) is 20.8 Å². The summed E-state index contributed by atoms with van der Waals surface area (Å²) in [7, 11) is -10.2. The third-order valence-electron chi connectivity index (χ3n) is 10.8. The van der Waals surface area contributed by atoms with Gasteiger partial charge in [-0.05, 0) is 91.3 Å². The molecule has 0 radical (unpaired) electrons. The van der Waals surface area contributed by atoms with E-state index >= 15 is 0 Å². The van der Waals surface area contributed by atoms with Crippen molar-refractivity contribution < 1.29 is 93.4 Å². The van der Waals surface area contributed by atoms with Gasteiger partial charge in [0, 0.05) is 0 Å². The summed E-state index contributed by atoms with van der Waals surface area (Å²) in [5, 5.41) is 0. The maximum Gasteiger partial charge on any atom is 1.00 e. The molecule has 12 heteroatoms. The van der Waals surface area contributed by atoms with E-state index in [1.165, 1.54) is 32.1 Å². The van der Waals surface area contributed by atoms with Crippen molar-refractivity contribution in [3.05, 3.63) is 11.6 Å². The van der Waals surface area contributed by atoms with Crippen molar-refractivity contribution in [3.63, 3.8) is 0 Å². The summed E-state index contributed by atoms with van der Waals surface area (Å²) in [6.07, 6.45) is 9.03. The second-order valence-electron chi connectivity index (χ2n) is 13.3. The summed E-state index contributed by atoms with van der Waals surface area (Å²) >= 11 is 0. The van der Waals surface area contributed by atoms with Gasteiger partial charge in [0.15, 0.2) is 0 Å². The standard InChI is InChI=1S/C27H46O8S2.2Na/c1-17(2)7-6-8-18(3)21-11-12-22-20-10-9-19-15-24(34-36(28,29)30)25(35-37(31,32)33)16-27(19,5)23(20)13-14-26(21,22)4;;/h9,17-18,20-25H,6-8,10-16H2,1-5H3,(H,28,29,30)(H,31,32,33);;/q;2*+1/p-2/t18-,20+,21-,22+,23+,24+,25+,26-,27+;;/m1../s1. The minimum absolute atomic E-state index is 0. The van der Waals surface area contributed by atoms with Crippen molar-refractivity contribution in [3.8, 4) is 0 Å². The molecule has 39 heavy (non-hydrogen) atoms. The Balaban J connectivity index is 0.00000267. The Labute approximate surface area is 280 Å². The van der Waals surface area contributed by atoms with Crippen LogP contribution in [0.2, 0.25) is 0 Å². The Morgan fingerprint density at radius 1 is 0.923 bits per heavy atom. The Kier molecular flexibility index (Phi) is 12.8. The molecule has 0 aromatic rings. The first-order chi connectivity index (χ1) is 17.0. The molecular formula is C27H44Na2O8S2. The molecule has 3 fully saturated rings. The van der Waals surface area contributed by atoms with Crippen molar-refractivity contribution in [2.75, 3.05) is 0 Å². The van der Waals surface area contributed by atoms with Crippen LogP contribution in [0.5, 0.6) is 0 Å². The molecule has 0 N–H and O–H groups in total. The maximum atomic E-state index is 11.5. The van der Waals surface area contributed by atoms with Crippen LogP contribution in [0, 0.1) is 46.3 Å². The van der Waals surface area contributed by atoms with Crippen molar-refractivity contribution in [2.24, 2.45) is 46.3 Å². The van der Waals surface area contributed by atoms with Gasteiger partial charge in [0.05, 0.1) is 0 Å². The zero-order valence-corrected chi connectivity index (χ0v) is 30.5. The van der Waals surface area contributed by atoms with Gasteiger partial charge in [-0.2, -0.15) is 0 Å². The molecule has 0 aromatic carbocycles. The van der Waals surface area contributed by atoms with E-state index in [9.17, 15) is 25.9 Å². The first-order valence-electron chi connectivity index (χ1n) is 14.0.